The molecule has 1 N–H and O–H groups in total. The van der Waals surface area contributed by atoms with E-state index in [-0.39, 0.29) is 0 Å². The number of nitrogens with zero attached hydrogens (tertiary/aromatic N) is 2. The van der Waals surface area contributed by atoms with Crippen molar-refractivity contribution in [2.24, 2.45) is 0 Å². The second kappa shape index (κ2) is 5.40. The number of thioether (sulfide) groups is 1. The molecule has 2 aromatic rings. The molecule has 5 heteroatoms. The first-order chi connectivity index (χ1) is 9.00. The van der Waals surface area contributed by atoms with E-state index in [2.05, 4.69) is 9.97 Å². The molecular weight excluding hydrogens is 260 g/mol. The molecule has 19 heavy (non-hydrogen) atoms. The van der Waals surface area contributed by atoms with Crippen LogP contribution in [-0.4, -0.2) is 25.8 Å². The maximum Gasteiger partial charge on any atom is 0.319 e. The molecule has 0 atom stereocenters. The van der Waals surface area contributed by atoms with Crippen molar-refractivity contribution in [1.82, 2.24) is 9.97 Å². The highest BCUT2D eigenvalue weighted by atomic mass is 32.2. The Bertz CT molecular complexity index is 585. The Kier molecular flexibility index (Phi) is 3.85. The summed E-state index contributed by atoms with van der Waals surface area (Å²) < 4.78 is -0.891. The van der Waals surface area contributed by atoms with Crippen molar-refractivity contribution in [3.63, 3.8) is 0 Å². The molecule has 0 aliphatic carbocycles. The second-order valence-electron chi connectivity index (χ2n) is 4.53. The number of aromatic nitrogens is 2. The Morgan fingerprint density at radius 1 is 1.21 bits per heavy atom. The maximum atomic E-state index is 11.2. The van der Waals surface area contributed by atoms with E-state index in [9.17, 15) is 9.90 Å². The van der Waals surface area contributed by atoms with Crippen molar-refractivity contribution in [3.8, 4) is 11.1 Å². The van der Waals surface area contributed by atoms with Crippen molar-refractivity contribution in [2.75, 3.05) is 0 Å². The fraction of sp³-hybridized carbons (Fsp3) is 0.214. The van der Waals surface area contributed by atoms with E-state index < -0.39 is 10.7 Å². The summed E-state index contributed by atoms with van der Waals surface area (Å²) in [5.74, 6) is -0.841. The number of hydrogen-bond acceptors (Lipinski definition) is 4. The van der Waals surface area contributed by atoms with E-state index in [1.807, 2.05) is 18.2 Å². The van der Waals surface area contributed by atoms with Gasteiger partial charge in [0.25, 0.3) is 0 Å². The van der Waals surface area contributed by atoms with E-state index in [4.69, 9.17) is 0 Å². The molecule has 2 heterocycles. The van der Waals surface area contributed by atoms with Crippen molar-refractivity contribution >= 4 is 17.7 Å². The minimum Gasteiger partial charge on any atom is -0.480 e. The standard InChI is InChI=1S/C14H14N2O2S/c1-14(2,13(17)18)19-12-5-7-16-9-11(12)10-4-3-6-15-8-10/h3-9H,1-2H3,(H,17,18). The monoisotopic (exact) mass is 274 g/mol. The summed E-state index contributed by atoms with van der Waals surface area (Å²) in [5.41, 5.74) is 1.83. The SMILES string of the molecule is CC(C)(Sc1ccncc1-c1cccnc1)C(=O)O. The van der Waals surface area contributed by atoms with E-state index >= 15 is 0 Å². The second-order valence-corrected chi connectivity index (χ2v) is 6.20. The third kappa shape index (κ3) is 3.12. The molecule has 0 radical (unpaired) electrons. The first-order valence-electron chi connectivity index (χ1n) is 5.77. The highest BCUT2D eigenvalue weighted by Gasteiger charge is 2.29. The van der Waals surface area contributed by atoms with Gasteiger partial charge in [-0.3, -0.25) is 14.8 Å². The van der Waals surface area contributed by atoms with Crippen LogP contribution in [0.25, 0.3) is 11.1 Å². The van der Waals surface area contributed by atoms with Gasteiger partial charge >= 0.3 is 5.97 Å². The van der Waals surface area contributed by atoms with Crippen LogP contribution in [0.1, 0.15) is 13.8 Å². The number of rotatable bonds is 4. The molecule has 0 spiro atoms. The Hall–Kier alpha value is -1.88. The average Bonchev–Trinajstić information content (AvgIpc) is 2.40. The third-order valence-corrected chi connectivity index (χ3v) is 3.89. The van der Waals surface area contributed by atoms with E-state index in [1.165, 1.54) is 11.8 Å². The Balaban J connectivity index is 2.40. The fourth-order valence-electron chi connectivity index (χ4n) is 1.53. The quantitative estimate of drug-likeness (QED) is 0.868. The van der Waals surface area contributed by atoms with Crippen LogP contribution >= 0.6 is 11.8 Å². The number of pyridine rings is 2. The van der Waals surface area contributed by atoms with Gasteiger partial charge in [-0.05, 0) is 26.0 Å². The van der Waals surface area contributed by atoms with Gasteiger partial charge in [0.15, 0.2) is 0 Å². The summed E-state index contributed by atoms with van der Waals surface area (Å²) in [6.07, 6.45) is 6.85. The first kappa shape index (κ1) is 13.5. The molecule has 0 fully saturated rings. The van der Waals surface area contributed by atoms with Crippen molar-refractivity contribution in [3.05, 3.63) is 43.0 Å². The minimum absolute atomic E-state index is 0.841. The molecule has 0 aromatic carbocycles. The number of hydrogen-bond donors (Lipinski definition) is 1. The highest BCUT2D eigenvalue weighted by Crippen LogP contribution is 2.38. The lowest BCUT2D eigenvalue weighted by Crippen LogP contribution is -2.27. The van der Waals surface area contributed by atoms with Crippen molar-refractivity contribution < 1.29 is 9.90 Å². The molecule has 0 aliphatic heterocycles. The van der Waals surface area contributed by atoms with Crippen LogP contribution in [0.4, 0.5) is 0 Å². The van der Waals surface area contributed by atoms with Crippen LogP contribution in [0.3, 0.4) is 0 Å². The summed E-state index contributed by atoms with van der Waals surface area (Å²) in [6, 6.07) is 5.61. The maximum absolute atomic E-state index is 11.2. The molecular formula is C14H14N2O2S. The topological polar surface area (TPSA) is 63.1 Å². The molecule has 4 nitrogen and oxygen atoms in total. The van der Waals surface area contributed by atoms with Crippen LogP contribution < -0.4 is 0 Å². The molecule has 2 rings (SSSR count). The van der Waals surface area contributed by atoms with Gasteiger partial charge in [-0.25, -0.2) is 0 Å². The number of aliphatic carboxylic acids is 1. The van der Waals surface area contributed by atoms with Gasteiger partial charge in [0.05, 0.1) is 0 Å². The van der Waals surface area contributed by atoms with Crippen LogP contribution in [0.2, 0.25) is 0 Å². The zero-order chi connectivity index (χ0) is 13.9. The van der Waals surface area contributed by atoms with Gasteiger partial charge in [-0.1, -0.05) is 6.07 Å². The molecule has 0 saturated heterocycles. The van der Waals surface area contributed by atoms with Crippen LogP contribution in [0, 0.1) is 0 Å². The number of carbonyl (C=O) groups is 1. The van der Waals surface area contributed by atoms with Crippen LogP contribution in [0.15, 0.2) is 47.9 Å². The molecule has 0 bridgehead atoms. The van der Waals surface area contributed by atoms with E-state index in [1.54, 1.807) is 38.6 Å². The molecule has 0 saturated carbocycles. The lowest BCUT2D eigenvalue weighted by atomic mass is 10.1. The summed E-state index contributed by atoms with van der Waals surface area (Å²) in [7, 11) is 0. The predicted molar refractivity (Wildman–Crippen MR) is 75.0 cm³/mol. The summed E-state index contributed by atoms with van der Waals surface area (Å²) >= 11 is 1.31. The molecule has 0 amide bonds. The lowest BCUT2D eigenvalue weighted by molar-refractivity contribution is -0.138. The Labute approximate surface area is 115 Å². The van der Waals surface area contributed by atoms with E-state index in [0.29, 0.717) is 0 Å². The lowest BCUT2D eigenvalue weighted by Gasteiger charge is -2.20. The number of carboxylic acids is 1. The van der Waals surface area contributed by atoms with Gasteiger partial charge < -0.3 is 5.11 Å². The number of carboxylic acid groups (broad SMARTS) is 1. The molecule has 98 valence electrons. The zero-order valence-corrected chi connectivity index (χ0v) is 11.5. The summed E-state index contributed by atoms with van der Waals surface area (Å²) in [6.45, 7) is 3.38. The molecule has 0 aliphatic rings. The zero-order valence-electron chi connectivity index (χ0n) is 10.7. The first-order valence-corrected chi connectivity index (χ1v) is 6.59. The normalized spacial score (nSPS) is 11.3. The molecule has 2 aromatic heterocycles. The highest BCUT2D eigenvalue weighted by molar-refractivity contribution is 8.01. The van der Waals surface area contributed by atoms with Gasteiger partial charge in [0.2, 0.25) is 0 Å². The van der Waals surface area contributed by atoms with Gasteiger partial charge in [0.1, 0.15) is 4.75 Å². The smallest absolute Gasteiger partial charge is 0.319 e. The van der Waals surface area contributed by atoms with Gasteiger partial charge in [-0.15, -0.1) is 11.8 Å². The Morgan fingerprint density at radius 2 is 1.95 bits per heavy atom. The van der Waals surface area contributed by atoms with Crippen LogP contribution in [0.5, 0.6) is 0 Å². The minimum atomic E-state index is -0.891. The van der Waals surface area contributed by atoms with Crippen molar-refractivity contribution in [2.45, 2.75) is 23.5 Å². The summed E-state index contributed by atoms with van der Waals surface area (Å²) in [5, 5.41) is 9.22. The largest absolute Gasteiger partial charge is 0.480 e. The van der Waals surface area contributed by atoms with Crippen LogP contribution in [-0.2, 0) is 4.79 Å². The Morgan fingerprint density at radius 3 is 2.58 bits per heavy atom. The average molecular weight is 274 g/mol. The van der Waals surface area contributed by atoms with Gasteiger partial charge in [0, 0.05) is 40.8 Å². The van der Waals surface area contributed by atoms with Crippen molar-refractivity contribution in [1.29, 1.82) is 0 Å². The van der Waals surface area contributed by atoms with Gasteiger partial charge in [-0.2, -0.15) is 0 Å². The predicted octanol–water partition coefficient (Wildman–Crippen LogP) is 3.10. The third-order valence-electron chi connectivity index (χ3n) is 2.63. The summed E-state index contributed by atoms with van der Waals surface area (Å²) in [4.78, 5) is 20.3. The van der Waals surface area contributed by atoms with E-state index in [0.717, 1.165) is 16.0 Å². The molecule has 0 unspecified atom stereocenters. The fourth-order valence-corrected chi connectivity index (χ4v) is 2.57.